The summed E-state index contributed by atoms with van der Waals surface area (Å²) >= 11 is 3.41. The zero-order valence-corrected chi connectivity index (χ0v) is 14.1. The Bertz CT molecular complexity index is 710. The molecule has 1 amide bonds. The molecular weight excluding hydrogens is 346 g/mol. The molecule has 1 unspecified atom stereocenters. The zero-order chi connectivity index (χ0) is 16.1. The minimum absolute atomic E-state index is 0.0233. The normalized spacial score (nSPS) is 12.0. The van der Waals surface area contributed by atoms with Crippen molar-refractivity contribution in [2.75, 3.05) is 0 Å². The summed E-state index contributed by atoms with van der Waals surface area (Å²) in [5.41, 5.74) is 1.24. The smallest absolute Gasteiger partial charge is 0.271 e. The van der Waals surface area contributed by atoms with Gasteiger partial charge in [-0.1, -0.05) is 28.1 Å². The second-order valence-corrected chi connectivity index (χ2v) is 6.14. The number of carbonyl (C=O) groups is 1. The fourth-order valence-electron chi connectivity index (χ4n) is 2.03. The van der Waals surface area contributed by atoms with Crippen molar-refractivity contribution >= 4 is 21.8 Å². The number of hydrogen-bond acceptors (Lipinski definition) is 3. The van der Waals surface area contributed by atoms with Crippen molar-refractivity contribution in [1.29, 1.82) is 0 Å². The lowest BCUT2D eigenvalue weighted by Crippen LogP contribution is -2.34. The molecule has 116 valence electrons. The van der Waals surface area contributed by atoms with Crippen molar-refractivity contribution in [2.24, 2.45) is 7.05 Å². The Morgan fingerprint density at radius 3 is 2.59 bits per heavy atom. The topological polar surface area (TPSA) is 64.0 Å². The van der Waals surface area contributed by atoms with Crippen molar-refractivity contribution < 1.29 is 4.79 Å². The Kier molecular flexibility index (Phi) is 5.49. The second-order valence-electron chi connectivity index (χ2n) is 5.22. The first-order valence-corrected chi connectivity index (χ1v) is 7.84. The zero-order valence-electron chi connectivity index (χ0n) is 12.5. The molecule has 0 bridgehead atoms. The summed E-state index contributed by atoms with van der Waals surface area (Å²) < 4.78 is 2.21. The van der Waals surface area contributed by atoms with E-state index in [1.165, 1.54) is 24.7 Å². The van der Waals surface area contributed by atoms with Crippen LogP contribution in [0.25, 0.3) is 0 Å². The highest BCUT2D eigenvalue weighted by atomic mass is 79.9. The van der Waals surface area contributed by atoms with Gasteiger partial charge in [-0.05, 0) is 43.5 Å². The van der Waals surface area contributed by atoms with Gasteiger partial charge in [-0.3, -0.25) is 9.59 Å². The van der Waals surface area contributed by atoms with Crippen LogP contribution in [-0.2, 0) is 13.5 Å². The van der Waals surface area contributed by atoms with Gasteiger partial charge in [-0.2, -0.15) is 5.10 Å². The molecule has 6 heteroatoms. The quantitative estimate of drug-likeness (QED) is 0.886. The average molecular weight is 364 g/mol. The molecule has 0 saturated carbocycles. The van der Waals surface area contributed by atoms with Crippen molar-refractivity contribution in [3.8, 4) is 0 Å². The first-order valence-electron chi connectivity index (χ1n) is 7.05. The number of aromatic nitrogens is 2. The Hall–Kier alpha value is -1.95. The Morgan fingerprint density at radius 2 is 1.95 bits per heavy atom. The Labute approximate surface area is 137 Å². The minimum atomic E-state index is -0.265. The maximum absolute atomic E-state index is 12.1. The van der Waals surface area contributed by atoms with Crippen LogP contribution in [0.3, 0.4) is 0 Å². The van der Waals surface area contributed by atoms with Crippen LogP contribution in [0.1, 0.15) is 29.4 Å². The maximum Gasteiger partial charge on any atom is 0.271 e. The van der Waals surface area contributed by atoms with Gasteiger partial charge in [-0.25, -0.2) is 4.68 Å². The van der Waals surface area contributed by atoms with Crippen molar-refractivity contribution in [2.45, 2.75) is 25.8 Å². The van der Waals surface area contributed by atoms with E-state index < -0.39 is 0 Å². The number of nitrogens with zero attached hydrogens (tertiary/aromatic N) is 2. The molecule has 1 N–H and O–H groups in total. The van der Waals surface area contributed by atoms with Gasteiger partial charge in [0.15, 0.2) is 0 Å². The number of carbonyl (C=O) groups excluding carboxylic acids is 1. The molecule has 0 aliphatic heterocycles. The molecule has 1 aromatic carbocycles. The summed E-state index contributed by atoms with van der Waals surface area (Å²) in [6.45, 7) is 1.96. The Morgan fingerprint density at radius 1 is 1.27 bits per heavy atom. The molecule has 0 saturated heterocycles. The molecule has 5 nitrogen and oxygen atoms in total. The van der Waals surface area contributed by atoms with E-state index in [2.05, 4.69) is 38.5 Å². The van der Waals surface area contributed by atoms with Crippen molar-refractivity contribution in [1.82, 2.24) is 15.1 Å². The largest absolute Gasteiger partial charge is 0.348 e. The van der Waals surface area contributed by atoms with Crippen LogP contribution >= 0.6 is 15.9 Å². The lowest BCUT2D eigenvalue weighted by molar-refractivity contribution is 0.0931. The molecule has 0 fully saturated rings. The third-order valence-corrected chi connectivity index (χ3v) is 3.88. The molecule has 2 rings (SSSR count). The van der Waals surface area contributed by atoms with E-state index in [0.29, 0.717) is 0 Å². The molecule has 22 heavy (non-hydrogen) atoms. The third-order valence-electron chi connectivity index (χ3n) is 3.35. The number of rotatable bonds is 5. The van der Waals surface area contributed by atoms with Gasteiger partial charge in [0.1, 0.15) is 5.69 Å². The number of halogens is 1. The molecule has 2 aromatic rings. The summed E-state index contributed by atoms with van der Waals surface area (Å²) in [6.07, 6.45) is 1.72. The van der Waals surface area contributed by atoms with E-state index in [0.717, 1.165) is 22.0 Å². The van der Waals surface area contributed by atoms with Gasteiger partial charge in [0.25, 0.3) is 11.5 Å². The second kappa shape index (κ2) is 7.35. The van der Waals surface area contributed by atoms with E-state index in [-0.39, 0.29) is 23.2 Å². The molecule has 1 atom stereocenters. The molecule has 0 aliphatic rings. The highest BCUT2D eigenvalue weighted by Crippen LogP contribution is 2.12. The number of benzene rings is 1. The lowest BCUT2D eigenvalue weighted by atomic mass is 10.1. The van der Waals surface area contributed by atoms with E-state index >= 15 is 0 Å². The fraction of sp³-hybridized carbons (Fsp3) is 0.312. The van der Waals surface area contributed by atoms with Gasteiger partial charge in [-0.15, -0.1) is 0 Å². The highest BCUT2D eigenvalue weighted by Gasteiger charge is 2.12. The lowest BCUT2D eigenvalue weighted by Gasteiger charge is -2.13. The third kappa shape index (κ3) is 4.53. The van der Waals surface area contributed by atoms with Crippen LogP contribution in [-0.4, -0.2) is 21.7 Å². The number of hydrogen-bond donors (Lipinski definition) is 1. The van der Waals surface area contributed by atoms with Gasteiger partial charge in [0.2, 0.25) is 0 Å². The molecule has 0 aliphatic carbocycles. The summed E-state index contributed by atoms with van der Waals surface area (Å²) in [6, 6.07) is 10.9. The average Bonchev–Trinajstić information content (AvgIpc) is 2.49. The van der Waals surface area contributed by atoms with E-state index in [4.69, 9.17) is 0 Å². The predicted molar refractivity (Wildman–Crippen MR) is 88.9 cm³/mol. The van der Waals surface area contributed by atoms with Gasteiger partial charge < -0.3 is 5.32 Å². The standard InChI is InChI=1S/C16H18BrN3O2/c1-11(3-4-12-5-7-13(17)8-6-12)18-16(22)14-9-10-15(21)20(2)19-14/h5-11H,3-4H2,1-2H3,(H,18,22). The molecule has 1 heterocycles. The van der Waals surface area contributed by atoms with E-state index in [9.17, 15) is 9.59 Å². The SMILES string of the molecule is CC(CCc1ccc(Br)cc1)NC(=O)c1ccc(=O)n(C)n1. The number of amides is 1. The van der Waals surface area contributed by atoms with Crippen LogP contribution in [0.2, 0.25) is 0 Å². The summed E-state index contributed by atoms with van der Waals surface area (Å²) in [4.78, 5) is 23.3. The minimum Gasteiger partial charge on any atom is -0.348 e. The first kappa shape index (κ1) is 16.4. The molecular formula is C16H18BrN3O2. The summed E-state index contributed by atoms with van der Waals surface area (Å²) in [5, 5.41) is 6.84. The predicted octanol–water partition coefficient (Wildman–Crippen LogP) is 2.29. The van der Waals surface area contributed by atoms with Crippen LogP contribution in [0, 0.1) is 0 Å². The number of aryl methyl sites for hydroxylation is 2. The molecule has 0 radical (unpaired) electrons. The van der Waals surface area contributed by atoms with Crippen molar-refractivity contribution in [3.63, 3.8) is 0 Å². The summed E-state index contributed by atoms with van der Waals surface area (Å²) in [7, 11) is 1.52. The van der Waals surface area contributed by atoms with Gasteiger partial charge in [0.05, 0.1) is 0 Å². The van der Waals surface area contributed by atoms with Crippen LogP contribution < -0.4 is 10.9 Å². The van der Waals surface area contributed by atoms with Crippen molar-refractivity contribution in [3.05, 3.63) is 62.5 Å². The fourth-order valence-corrected chi connectivity index (χ4v) is 2.29. The number of nitrogens with one attached hydrogen (secondary N) is 1. The van der Waals surface area contributed by atoms with Crippen LogP contribution in [0.4, 0.5) is 0 Å². The first-order chi connectivity index (χ1) is 10.5. The maximum atomic E-state index is 12.1. The Balaban J connectivity index is 1.89. The van der Waals surface area contributed by atoms with E-state index in [1.807, 2.05) is 19.1 Å². The summed E-state index contributed by atoms with van der Waals surface area (Å²) in [5.74, 6) is -0.265. The van der Waals surface area contributed by atoms with Crippen LogP contribution in [0.15, 0.2) is 45.7 Å². The monoisotopic (exact) mass is 363 g/mol. The van der Waals surface area contributed by atoms with Gasteiger partial charge >= 0.3 is 0 Å². The highest BCUT2D eigenvalue weighted by molar-refractivity contribution is 9.10. The van der Waals surface area contributed by atoms with Gasteiger partial charge in [0, 0.05) is 23.6 Å². The molecule has 0 spiro atoms. The molecule has 1 aromatic heterocycles. The van der Waals surface area contributed by atoms with Crippen LogP contribution in [0.5, 0.6) is 0 Å². The van der Waals surface area contributed by atoms with E-state index in [1.54, 1.807) is 0 Å².